The van der Waals surface area contributed by atoms with Gasteiger partial charge in [-0.15, -0.1) is 0 Å². The Hall–Kier alpha value is -2.91. The Morgan fingerprint density at radius 1 is 0.729 bits per heavy atom. The lowest BCUT2D eigenvalue weighted by atomic mass is 10.00. The van der Waals surface area contributed by atoms with Crippen LogP contribution in [-0.4, -0.2) is 96.0 Å². The molecule has 1 aliphatic heterocycles. The maximum absolute atomic E-state index is 12.8. The minimum absolute atomic E-state index is 0.0247. The van der Waals surface area contributed by atoms with Gasteiger partial charge in [-0.3, -0.25) is 14.1 Å². The normalized spacial score (nSPS) is 21.8. The molecule has 1 unspecified atom stereocenters. The fourth-order valence-electron chi connectivity index (χ4n) is 5.22. The zero-order valence-electron chi connectivity index (χ0n) is 27.7. The Labute approximate surface area is 283 Å². The molecule has 12 nitrogen and oxygen atoms in total. The third-order valence-electron chi connectivity index (χ3n) is 8.14. The van der Waals surface area contributed by atoms with Crippen molar-refractivity contribution in [2.45, 2.75) is 115 Å². The van der Waals surface area contributed by atoms with Crippen LogP contribution in [0.2, 0.25) is 0 Å². The lowest BCUT2D eigenvalue weighted by Crippen LogP contribution is -2.60. The number of carbonyl (C=O) groups excluding carboxylic acids is 2. The number of hydrogen-bond acceptors (Lipinski definition) is 11. The summed E-state index contributed by atoms with van der Waals surface area (Å²) in [5, 5.41) is 30.7. The number of carbonyl (C=O) groups is 2. The minimum Gasteiger partial charge on any atom is -0.462 e. The van der Waals surface area contributed by atoms with Gasteiger partial charge in [-0.05, 0) is 60.8 Å². The van der Waals surface area contributed by atoms with Crippen molar-refractivity contribution in [2.75, 3.05) is 19.0 Å². The van der Waals surface area contributed by atoms with E-state index in [4.69, 9.17) is 18.9 Å². The summed E-state index contributed by atoms with van der Waals surface area (Å²) < 4.78 is 53.8. The number of hydrogen-bond donors (Lipinski definition) is 4. The smallest absolute Gasteiger partial charge is 0.306 e. The summed E-state index contributed by atoms with van der Waals surface area (Å²) in [6, 6.07) is 16.0. The summed E-state index contributed by atoms with van der Waals surface area (Å²) in [5.74, 6) is -2.19. The van der Waals surface area contributed by atoms with Crippen LogP contribution in [0.3, 0.4) is 0 Å². The van der Waals surface area contributed by atoms with E-state index in [2.05, 4.69) is 13.8 Å². The average molecular weight is 695 g/mol. The number of rotatable bonds is 20. The van der Waals surface area contributed by atoms with Gasteiger partial charge in [0, 0.05) is 12.8 Å². The standard InChI is InChI=1S/C35H50O12S/c1-3-5-7-24-9-13-26(14-10-24)17-19-30(36)44-21-28(46-31(37)20-18-27-15-11-25(12-16-27)8-6-4-2)22-45-35-34(40)33(39)32(38)29(47-35)23-48(41,42)43/h9-16,28-29,32-35,38-40H,3-8,17-23H2,1-2H3,(H,41,42,43)/t28?,29-,32-,33+,34-,35+/m1/s1. The number of ether oxygens (including phenoxy) is 4. The molecule has 268 valence electrons. The van der Waals surface area contributed by atoms with Crippen molar-refractivity contribution < 1.29 is 56.8 Å². The molecule has 0 aliphatic carbocycles. The highest BCUT2D eigenvalue weighted by Crippen LogP contribution is 2.24. The van der Waals surface area contributed by atoms with Gasteiger partial charge in [0.2, 0.25) is 0 Å². The second-order valence-electron chi connectivity index (χ2n) is 12.2. The molecular formula is C35H50O12S. The molecule has 1 saturated heterocycles. The SMILES string of the molecule is CCCCc1ccc(CCC(=O)OCC(CO[C@H]2O[C@H](CS(=O)(=O)O)[C@@H](O)[C@H](O)[C@H]2O)OC(=O)CCc2ccc(CCCC)cc2)cc1. The van der Waals surface area contributed by atoms with E-state index >= 15 is 0 Å². The van der Waals surface area contributed by atoms with E-state index in [1.54, 1.807) is 0 Å². The Morgan fingerprint density at radius 3 is 1.69 bits per heavy atom. The fourth-order valence-corrected chi connectivity index (χ4v) is 5.91. The molecular weight excluding hydrogens is 644 g/mol. The van der Waals surface area contributed by atoms with Gasteiger partial charge in [-0.2, -0.15) is 8.42 Å². The number of benzene rings is 2. The summed E-state index contributed by atoms with van der Waals surface area (Å²) in [4.78, 5) is 25.5. The summed E-state index contributed by atoms with van der Waals surface area (Å²) in [6.07, 6.45) is -2.56. The molecule has 48 heavy (non-hydrogen) atoms. The van der Waals surface area contributed by atoms with Crippen LogP contribution in [0.4, 0.5) is 0 Å². The van der Waals surface area contributed by atoms with Crippen LogP contribution < -0.4 is 0 Å². The van der Waals surface area contributed by atoms with Gasteiger partial charge in [0.1, 0.15) is 36.8 Å². The first-order valence-electron chi connectivity index (χ1n) is 16.7. The predicted molar refractivity (Wildman–Crippen MR) is 177 cm³/mol. The van der Waals surface area contributed by atoms with E-state index in [1.807, 2.05) is 48.5 Å². The Morgan fingerprint density at radius 2 is 1.21 bits per heavy atom. The molecule has 0 amide bonds. The molecule has 1 fully saturated rings. The van der Waals surface area contributed by atoms with Crippen LogP contribution in [0.25, 0.3) is 0 Å². The van der Waals surface area contributed by atoms with E-state index in [0.29, 0.717) is 12.8 Å². The maximum Gasteiger partial charge on any atom is 0.306 e. The summed E-state index contributed by atoms with van der Waals surface area (Å²) in [6.45, 7) is 3.42. The van der Waals surface area contributed by atoms with Gasteiger partial charge < -0.3 is 34.3 Å². The van der Waals surface area contributed by atoms with Crippen LogP contribution in [0.15, 0.2) is 48.5 Å². The largest absolute Gasteiger partial charge is 0.462 e. The zero-order chi connectivity index (χ0) is 35.1. The summed E-state index contributed by atoms with van der Waals surface area (Å²) >= 11 is 0. The topological polar surface area (TPSA) is 186 Å². The Bertz CT molecular complexity index is 1360. The molecule has 6 atom stereocenters. The molecule has 0 saturated carbocycles. The van der Waals surface area contributed by atoms with Crippen molar-refractivity contribution in [3.05, 3.63) is 70.8 Å². The Balaban J connectivity index is 1.59. The van der Waals surface area contributed by atoms with Gasteiger partial charge in [0.05, 0.1) is 6.61 Å². The van der Waals surface area contributed by atoms with Crippen LogP contribution in [0.1, 0.15) is 74.6 Å². The molecule has 3 rings (SSSR count). The monoisotopic (exact) mass is 694 g/mol. The number of aryl methyl sites for hydroxylation is 4. The minimum atomic E-state index is -4.61. The van der Waals surface area contributed by atoms with Crippen molar-refractivity contribution in [1.29, 1.82) is 0 Å². The fraction of sp³-hybridized carbons (Fsp3) is 0.600. The van der Waals surface area contributed by atoms with Gasteiger partial charge in [-0.1, -0.05) is 75.2 Å². The second kappa shape index (κ2) is 19.9. The van der Waals surface area contributed by atoms with Crippen molar-refractivity contribution in [3.8, 4) is 0 Å². The van der Waals surface area contributed by atoms with E-state index in [9.17, 15) is 37.9 Å². The quantitative estimate of drug-likeness (QED) is 0.117. The molecule has 1 aliphatic rings. The van der Waals surface area contributed by atoms with Gasteiger partial charge >= 0.3 is 11.9 Å². The third-order valence-corrected chi connectivity index (χ3v) is 8.89. The maximum atomic E-state index is 12.8. The number of aliphatic hydroxyl groups excluding tert-OH is 3. The highest BCUT2D eigenvalue weighted by molar-refractivity contribution is 7.85. The van der Waals surface area contributed by atoms with Crippen molar-refractivity contribution in [1.82, 2.24) is 0 Å². The van der Waals surface area contributed by atoms with Gasteiger partial charge in [0.25, 0.3) is 10.1 Å². The van der Waals surface area contributed by atoms with Crippen molar-refractivity contribution in [2.24, 2.45) is 0 Å². The van der Waals surface area contributed by atoms with E-state index in [1.165, 1.54) is 11.1 Å². The van der Waals surface area contributed by atoms with Crippen LogP contribution in [-0.2, 0) is 64.3 Å². The number of aliphatic hydroxyl groups is 3. The Kier molecular flexibility index (Phi) is 16.4. The van der Waals surface area contributed by atoms with Gasteiger partial charge in [0.15, 0.2) is 12.4 Å². The average Bonchev–Trinajstić information content (AvgIpc) is 3.06. The van der Waals surface area contributed by atoms with Gasteiger partial charge in [-0.25, -0.2) is 0 Å². The molecule has 2 aromatic carbocycles. The number of unbranched alkanes of at least 4 members (excludes halogenated alkanes) is 2. The molecule has 0 spiro atoms. The lowest BCUT2D eigenvalue weighted by molar-refractivity contribution is -0.297. The van der Waals surface area contributed by atoms with E-state index < -0.39 is 71.2 Å². The molecule has 4 N–H and O–H groups in total. The first-order chi connectivity index (χ1) is 22.9. The van der Waals surface area contributed by atoms with E-state index in [-0.39, 0.29) is 19.4 Å². The molecule has 0 aromatic heterocycles. The lowest BCUT2D eigenvalue weighted by Gasteiger charge is -2.40. The summed E-state index contributed by atoms with van der Waals surface area (Å²) in [7, 11) is -4.61. The molecule has 0 bridgehead atoms. The summed E-state index contributed by atoms with van der Waals surface area (Å²) in [5.41, 5.74) is 4.37. The highest BCUT2D eigenvalue weighted by Gasteiger charge is 2.46. The van der Waals surface area contributed by atoms with Crippen LogP contribution >= 0.6 is 0 Å². The highest BCUT2D eigenvalue weighted by atomic mass is 32.2. The van der Waals surface area contributed by atoms with Crippen molar-refractivity contribution in [3.63, 3.8) is 0 Å². The molecule has 2 aromatic rings. The molecule has 1 heterocycles. The molecule has 13 heteroatoms. The van der Waals surface area contributed by atoms with Crippen molar-refractivity contribution >= 4 is 22.1 Å². The number of esters is 2. The molecule has 0 radical (unpaired) electrons. The third kappa shape index (κ3) is 13.9. The first-order valence-corrected chi connectivity index (χ1v) is 18.3. The first kappa shape index (κ1) is 39.5. The predicted octanol–water partition coefficient (Wildman–Crippen LogP) is 3.10. The van der Waals surface area contributed by atoms with Crippen LogP contribution in [0, 0.1) is 0 Å². The zero-order valence-corrected chi connectivity index (χ0v) is 28.6. The second-order valence-corrected chi connectivity index (χ2v) is 13.7. The van der Waals surface area contributed by atoms with E-state index in [0.717, 1.165) is 49.7 Å². The van der Waals surface area contributed by atoms with Crippen LogP contribution in [0.5, 0.6) is 0 Å².